The van der Waals surface area contributed by atoms with E-state index < -0.39 is 0 Å². The molecule has 27 heavy (non-hydrogen) atoms. The maximum Gasteiger partial charge on any atom is 0.220 e. The van der Waals surface area contributed by atoms with E-state index in [0.717, 1.165) is 77.2 Å². The third-order valence-corrected chi connectivity index (χ3v) is 5.18. The number of benzene rings is 1. The second-order valence-corrected chi connectivity index (χ2v) is 7.24. The van der Waals surface area contributed by atoms with Gasteiger partial charge in [-0.2, -0.15) is 0 Å². The number of likely N-dealkylation sites (tertiary alicyclic amines) is 1. The average Bonchev–Trinajstić information content (AvgIpc) is 2.70. The zero-order valence-corrected chi connectivity index (χ0v) is 16.6. The number of amides is 1. The molecule has 0 radical (unpaired) electrons. The van der Waals surface area contributed by atoms with Gasteiger partial charge in [0.15, 0.2) is 5.96 Å². The largest absolute Gasteiger partial charge is 0.369 e. The minimum Gasteiger partial charge on any atom is -0.369 e. The van der Waals surface area contributed by atoms with Crippen molar-refractivity contribution in [1.29, 1.82) is 0 Å². The quantitative estimate of drug-likeness (QED) is 0.332. The van der Waals surface area contributed by atoms with Crippen molar-refractivity contribution < 1.29 is 4.79 Å². The van der Waals surface area contributed by atoms with Gasteiger partial charge >= 0.3 is 0 Å². The van der Waals surface area contributed by atoms with Gasteiger partial charge in [0, 0.05) is 26.1 Å². The molecule has 1 aliphatic rings. The van der Waals surface area contributed by atoms with Crippen molar-refractivity contribution in [3.8, 4) is 0 Å². The molecule has 0 bridgehead atoms. The Labute approximate surface area is 163 Å². The first kappa shape index (κ1) is 21.2. The third kappa shape index (κ3) is 8.43. The number of primary amides is 1. The highest BCUT2D eigenvalue weighted by Crippen LogP contribution is 2.16. The van der Waals surface area contributed by atoms with Crippen LogP contribution >= 0.6 is 0 Å². The van der Waals surface area contributed by atoms with Crippen molar-refractivity contribution in [3.05, 3.63) is 35.9 Å². The van der Waals surface area contributed by atoms with Crippen molar-refractivity contribution in [2.75, 3.05) is 39.8 Å². The molecule has 1 aliphatic heterocycles. The van der Waals surface area contributed by atoms with Gasteiger partial charge in [0.1, 0.15) is 0 Å². The maximum atomic E-state index is 11.2. The molecule has 0 aromatic heterocycles. The van der Waals surface area contributed by atoms with Crippen LogP contribution in [0.4, 0.5) is 0 Å². The minimum atomic E-state index is -0.137. The summed E-state index contributed by atoms with van der Waals surface area (Å²) >= 11 is 0. The van der Waals surface area contributed by atoms with E-state index in [0.29, 0.717) is 0 Å². The molecule has 1 fully saturated rings. The number of aryl methyl sites for hydroxylation is 1. The summed E-state index contributed by atoms with van der Waals surface area (Å²) in [6, 6.07) is 10.6. The van der Waals surface area contributed by atoms with Crippen molar-refractivity contribution >= 4 is 11.9 Å². The van der Waals surface area contributed by atoms with E-state index in [2.05, 4.69) is 50.9 Å². The first-order valence-electron chi connectivity index (χ1n) is 10.2. The average molecular weight is 374 g/mol. The van der Waals surface area contributed by atoms with E-state index in [1.807, 2.05) is 7.05 Å². The van der Waals surface area contributed by atoms with Gasteiger partial charge in [-0.15, -0.1) is 0 Å². The molecule has 1 heterocycles. The van der Waals surface area contributed by atoms with Crippen LogP contribution in [-0.4, -0.2) is 56.5 Å². The molecule has 1 saturated heterocycles. The van der Waals surface area contributed by atoms with E-state index >= 15 is 0 Å². The molecule has 1 amide bonds. The summed E-state index contributed by atoms with van der Waals surface area (Å²) in [6.45, 7) is 4.92. The normalized spacial score (nSPS) is 16.3. The van der Waals surface area contributed by atoms with E-state index in [9.17, 15) is 4.79 Å². The van der Waals surface area contributed by atoms with Gasteiger partial charge < -0.3 is 21.3 Å². The number of aliphatic imine (C=N–C) groups is 1. The Morgan fingerprint density at radius 3 is 2.41 bits per heavy atom. The van der Waals surface area contributed by atoms with Crippen molar-refractivity contribution in [2.45, 2.75) is 38.5 Å². The zero-order chi connectivity index (χ0) is 19.3. The van der Waals surface area contributed by atoms with Crippen LogP contribution in [0.3, 0.4) is 0 Å². The Bertz CT molecular complexity index is 567. The van der Waals surface area contributed by atoms with Gasteiger partial charge in [-0.05, 0) is 63.7 Å². The second-order valence-electron chi connectivity index (χ2n) is 7.24. The number of piperidine rings is 1. The number of hydrogen-bond donors (Lipinski definition) is 3. The number of rotatable bonds is 10. The lowest BCUT2D eigenvalue weighted by Gasteiger charge is -2.30. The monoisotopic (exact) mass is 373 g/mol. The molecule has 6 heteroatoms. The number of carbonyl (C=O) groups is 1. The first-order valence-corrected chi connectivity index (χ1v) is 10.2. The van der Waals surface area contributed by atoms with Crippen LogP contribution in [0, 0.1) is 5.92 Å². The number of nitrogens with zero attached hydrogens (tertiary/aromatic N) is 2. The highest BCUT2D eigenvalue weighted by Gasteiger charge is 2.22. The summed E-state index contributed by atoms with van der Waals surface area (Å²) < 4.78 is 0. The molecular weight excluding hydrogens is 338 g/mol. The van der Waals surface area contributed by atoms with E-state index in [1.54, 1.807) is 0 Å². The molecule has 150 valence electrons. The number of hydrogen-bond acceptors (Lipinski definition) is 3. The van der Waals surface area contributed by atoms with Crippen LogP contribution in [0.2, 0.25) is 0 Å². The molecule has 2 rings (SSSR count). The Balaban J connectivity index is 1.48. The van der Waals surface area contributed by atoms with Crippen LogP contribution in [0.25, 0.3) is 0 Å². The van der Waals surface area contributed by atoms with Crippen molar-refractivity contribution in [3.63, 3.8) is 0 Å². The van der Waals surface area contributed by atoms with Crippen LogP contribution in [0.1, 0.15) is 37.7 Å². The Morgan fingerprint density at radius 1 is 1.11 bits per heavy atom. The van der Waals surface area contributed by atoms with Gasteiger partial charge in [0.05, 0.1) is 0 Å². The van der Waals surface area contributed by atoms with Crippen molar-refractivity contribution in [2.24, 2.45) is 16.6 Å². The number of nitrogens with two attached hydrogens (primary N) is 1. The lowest BCUT2D eigenvalue weighted by molar-refractivity contribution is -0.123. The number of nitrogens with one attached hydrogen (secondary N) is 2. The van der Waals surface area contributed by atoms with Gasteiger partial charge in [-0.3, -0.25) is 9.79 Å². The summed E-state index contributed by atoms with van der Waals surface area (Å²) in [5.74, 6) is 0.825. The first-order chi connectivity index (χ1) is 13.2. The fourth-order valence-electron chi connectivity index (χ4n) is 3.47. The second kappa shape index (κ2) is 12.3. The van der Waals surface area contributed by atoms with Gasteiger partial charge in [0.25, 0.3) is 0 Å². The Kier molecular flexibility index (Phi) is 9.69. The fourth-order valence-corrected chi connectivity index (χ4v) is 3.47. The Hall–Kier alpha value is -2.08. The van der Waals surface area contributed by atoms with Gasteiger partial charge in [0.2, 0.25) is 5.91 Å². The fraction of sp³-hybridized carbons (Fsp3) is 0.619. The Morgan fingerprint density at radius 2 is 1.78 bits per heavy atom. The highest BCUT2D eigenvalue weighted by molar-refractivity contribution is 5.79. The molecule has 1 aromatic rings. The lowest BCUT2D eigenvalue weighted by atomic mass is 9.96. The molecule has 0 spiro atoms. The standard InChI is InChI=1S/C21H35N5O/c1-23-21(25-14-7-10-18-8-3-2-4-9-18)24-13-5-6-15-26-16-11-19(12-17-26)20(22)27/h2-4,8-9,19H,5-7,10-17H2,1H3,(H2,22,27)(H2,23,24,25). The maximum absolute atomic E-state index is 11.2. The number of carbonyl (C=O) groups excluding carboxylic acids is 1. The molecule has 0 atom stereocenters. The van der Waals surface area contributed by atoms with E-state index in [1.165, 1.54) is 5.56 Å². The predicted molar refractivity (Wildman–Crippen MR) is 112 cm³/mol. The molecule has 1 aromatic carbocycles. The molecular formula is C21H35N5O. The molecule has 0 saturated carbocycles. The minimum absolute atomic E-state index is 0.0826. The molecule has 4 N–H and O–H groups in total. The summed E-state index contributed by atoms with van der Waals surface area (Å²) in [5, 5.41) is 6.77. The summed E-state index contributed by atoms with van der Waals surface area (Å²) in [6.07, 6.45) is 6.25. The van der Waals surface area contributed by atoms with Crippen LogP contribution in [0.5, 0.6) is 0 Å². The van der Waals surface area contributed by atoms with Crippen LogP contribution < -0.4 is 16.4 Å². The van der Waals surface area contributed by atoms with Gasteiger partial charge in [-0.1, -0.05) is 30.3 Å². The molecule has 6 nitrogen and oxygen atoms in total. The highest BCUT2D eigenvalue weighted by atomic mass is 16.1. The summed E-state index contributed by atoms with van der Waals surface area (Å²) in [7, 11) is 1.81. The number of guanidine groups is 1. The molecule has 0 unspecified atom stereocenters. The topological polar surface area (TPSA) is 82.8 Å². The predicted octanol–water partition coefficient (Wildman–Crippen LogP) is 1.76. The van der Waals surface area contributed by atoms with E-state index in [4.69, 9.17) is 5.73 Å². The summed E-state index contributed by atoms with van der Waals surface area (Å²) in [5.41, 5.74) is 6.76. The van der Waals surface area contributed by atoms with Crippen LogP contribution in [-0.2, 0) is 11.2 Å². The lowest BCUT2D eigenvalue weighted by Crippen LogP contribution is -2.40. The van der Waals surface area contributed by atoms with E-state index in [-0.39, 0.29) is 11.8 Å². The SMILES string of the molecule is CN=C(NCCCCN1CCC(C(N)=O)CC1)NCCCc1ccccc1. The number of unbranched alkanes of at least 4 members (excludes halogenated alkanes) is 1. The van der Waals surface area contributed by atoms with Crippen molar-refractivity contribution in [1.82, 2.24) is 15.5 Å². The molecule has 0 aliphatic carbocycles. The van der Waals surface area contributed by atoms with Crippen LogP contribution in [0.15, 0.2) is 35.3 Å². The summed E-state index contributed by atoms with van der Waals surface area (Å²) in [4.78, 5) is 17.9. The van der Waals surface area contributed by atoms with Gasteiger partial charge in [-0.25, -0.2) is 0 Å². The zero-order valence-electron chi connectivity index (χ0n) is 16.6. The third-order valence-electron chi connectivity index (χ3n) is 5.18. The smallest absolute Gasteiger partial charge is 0.220 e.